The summed E-state index contributed by atoms with van der Waals surface area (Å²) in [6.45, 7) is 3.55. The van der Waals surface area contributed by atoms with Gasteiger partial charge in [-0.05, 0) is 30.9 Å². The number of piperidine rings is 1. The van der Waals surface area contributed by atoms with Crippen LogP contribution in [0.4, 0.5) is 0 Å². The molecule has 122 valence electrons. The molecule has 0 spiro atoms. The number of rotatable bonds is 2. The third-order valence-corrected chi connectivity index (χ3v) is 4.47. The average Bonchev–Trinajstić information content (AvgIpc) is 2.95. The van der Waals surface area contributed by atoms with E-state index in [1.165, 1.54) is 0 Å². The number of carbonyl (C=O) groups is 1. The van der Waals surface area contributed by atoms with Crippen molar-refractivity contribution in [2.45, 2.75) is 25.8 Å². The van der Waals surface area contributed by atoms with E-state index in [2.05, 4.69) is 6.92 Å². The molecule has 1 saturated heterocycles. The first kappa shape index (κ1) is 17.2. The third-order valence-electron chi connectivity index (χ3n) is 4.19. The maximum Gasteiger partial charge on any atom is 0.254 e. The number of ether oxygens (including phenoxy) is 2. The number of halogens is 2. The van der Waals surface area contributed by atoms with Gasteiger partial charge in [-0.2, -0.15) is 0 Å². The molecule has 2 heterocycles. The fourth-order valence-corrected chi connectivity index (χ4v) is 3.26. The fourth-order valence-electron chi connectivity index (χ4n) is 3.00. The summed E-state index contributed by atoms with van der Waals surface area (Å²) >= 11 is 6.15. The van der Waals surface area contributed by atoms with E-state index in [0.717, 1.165) is 19.4 Å². The standard InChI is InChI=1S/C15H19ClN2O3.ClH/c1-9-2-3-18(11(4-9)7-17)15(19)10-5-12(16)14-13(6-10)20-8-21-14;/h5-6,9,11H,2-4,7-8,17H2,1H3;1H. The highest BCUT2D eigenvalue weighted by atomic mass is 35.5. The van der Waals surface area contributed by atoms with Crippen molar-refractivity contribution in [2.75, 3.05) is 19.9 Å². The number of fused-ring (bicyclic) bond motifs is 1. The van der Waals surface area contributed by atoms with Gasteiger partial charge < -0.3 is 20.1 Å². The van der Waals surface area contributed by atoms with Crippen molar-refractivity contribution in [2.24, 2.45) is 11.7 Å². The number of nitrogens with two attached hydrogens (primary N) is 1. The molecule has 0 radical (unpaired) electrons. The Balaban J connectivity index is 0.00000176. The van der Waals surface area contributed by atoms with Crippen LogP contribution in [0.15, 0.2) is 12.1 Å². The van der Waals surface area contributed by atoms with E-state index in [0.29, 0.717) is 34.5 Å². The molecule has 2 atom stereocenters. The monoisotopic (exact) mass is 346 g/mol. The van der Waals surface area contributed by atoms with Gasteiger partial charge in [0.2, 0.25) is 6.79 Å². The predicted molar refractivity (Wildman–Crippen MR) is 87.1 cm³/mol. The fraction of sp³-hybridized carbons (Fsp3) is 0.533. The largest absolute Gasteiger partial charge is 0.454 e. The first-order valence-corrected chi connectivity index (χ1v) is 7.58. The highest BCUT2D eigenvalue weighted by molar-refractivity contribution is 6.32. The normalized spacial score (nSPS) is 23.1. The lowest BCUT2D eigenvalue weighted by molar-refractivity contribution is 0.0573. The summed E-state index contributed by atoms with van der Waals surface area (Å²) in [4.78, 5) is 14.6. The molecule has 2 aliphatic heterocycles. The van der Waals surface area contributed by atoms with Crippen LogP contribution in [-0.2, 0) is 0 Å². The molecule has 2 aliphatic rings. The zero-order chi connectivity index (χ0) is 15.0. The molecule has 22 heavy (non-hydrogen) atoms. The smallest absolute Gasteiger partial charge is 0.254 e. The number of nitrogens with zero attached hydrogens (tertiary/aromatic N) is 1. The molecule has 1 amide bonds. The molecule has 3 rings (SSSR count). The number of hydrogen-bond acceptors (Lipinski definition) is 4. The minimum absolute atomic E-state index is 0. The van der Waals surface area contributed by atoms with Crippen molar-refractivity contribution in [3.05, 3.63) is 22.7 Å². The van der Waals surface area contributed by atoms with Crippen LogP contribution >= 0.6 is 24.0 Å². The topological polar surface area (TPSA) is 64.8 Å². The van der Waals surface area contributed by atoms with Crippen LogP contribution in [0.3, 0.4) is 0 Å². The highest BCUT2D eigenvalue weighted by Gasteiger charge is 2.31. The molecule has 2 unspecified atom stereocenters. The second kappa shape index (κ2) is 6.94. The van der Waals surface area contributed by atoms with E-state index in [4.69, 9.17) is 26.8 Å². The number of benzene rings is 1. The summed E-state index contributed by atoms with van der Waals surface area (Å²) in [7, 11) is 0. The van der Waals surface area contributed by atoms with Gasteiger partial charge in [0.05, 0.1) is 5.02 Å². The van der Waals surface area contributed by atoms with Gasteiger partial charge in [-0.15, -0.1) is 12.4 Å². The second-order valence-corrected chi connectivity index (χ2v) is 6.12. The van der Waals surface area contributed by atoms with Crippen molar-refractivity contribution in [3.63, 3.8) is 0 Å². The Morgan fingerprint density at radius 2 is 2.23 bits per heavy atom. The minimum Gasteiger partial charge on any atom is -0.454 e. The van der Waals surface area contributed by atoms with Gasteiger partial charge in [0.15, 0.2) is 11.5 Å². The van der Waals surface area contributed by atoms with E-state index >= 15 is 0 Å². The van der Waals surface area contributed by atoms with Crippen molar-refractivity contribution in [1.82, 2.24) is 4.90 Å². The van der Waals surface area contributed by atoms with Crippen LogP contribution in [0.2, 0.25) is 5.02 Å². The Morgan fingerprint density at radius 3 is 2.95 bits per heavy atom. The Labute approximate surface area is 141 Å². The Bertz CT molecular complexity index is 568. The van der Waals surface area contributed by atoms with Crippen molar-refractivity contribution >= 4 is 29.9 Å². The van der Waals surface area contributed by atoms with E-state index < -0.39 is 0 Å². The number of carbonyl (C=O) groups excluding carboxylic acids is 1. The Kier molecular flexibility index (Phi) is 5.42. The number of amides is 1. The Hall–Kier alpha value is -1.17. The summed E-state index contributed by atoms with van der Waals surface area (Å²) in [5.41, 5.74) is 6.35. The summed E-state index contributed by atoms with van der Waals surface area (Å²) < 4.78 is 10.6. The van der Waals surface area contributed by atoms with Crippen molar-refractivity contribution < 1.29 is 14.3 Å². The SMILES string of the molecule is CC1CCN(C(=O)c2cc(Cl)c3c(c2)OCO3)C(CN)C1.Cl. The molecule has 0 aliphatic carbocycles. The first-order valence-electron chi connectivity index (χ1n) is 7.20. The molecular formula is C15H20Cl2N2O3. The summed E-state index contributed by atoms with van der Waals surface area (Å²) in [5, 5.41) is 0.406. The lowest BCUT2D eigenvalue weighted by Crippen LogP contribution is -2.49. The zero-order valence-electron chi connectivity index (χ0n) is 12.4. The Morgan fingerprint density at radius 1 is 1.45 bits per heavy atom. The highest BCUT2D eigenvalue weighted by Crippen LogP contribution is 2.40. The molecule has 1 aromatic rings. The lowest BCUT2D eigenvalue weighted by atomic mass is 9.92. The second-order valence-electron chi connectivity index (χ2n) is 5.71. The van der Waals surface area contributed by atoms with Gasteiger partial charge in [0, 0.05) is 24.7 Å². The zero-order valence-corrected chi connectivity index (χ0v) is 14.0. The molecule has 0 bridgehead atoms. The maximum atomic E-state index is 12.7. The minimum atomic E-state index is -0.0439. The van der Waals surface area contributed by atoms with Crippen LogP contribution in [0, 0.1) is 5.92 Å². The van der Waals surface area contributed by atoms with E-state index in [-0.39, 0.29) is 31.1 Å². The molecular weight excluding hydrogens is 327 g/mol. The quantitative estimate of drug-likeness (QED) is 0.893. The summed E-state index contributed by atoms with van der Waals surface area (Å²) in [6, 6.07) is 3.43. The average molecular weight is 347 g/mol. The van der Waals surface area contributed by atoms with Crippen LogP contribution in [0.5, 0.6) is 11.5 Å². The van der Waals surface area contributed by atoms with Crippen LogP contribution in [-0.4, -0.2) is 36.7 Å². The summed E-state index contributed by atoms with van der Waals surface area (Å²) in [6.07, 6.45) is 1.95. The third kappa shape index (κ3) is 3.12. The van der Waals surface area contributed by atoms with E-state index in [1.807, 2.05) is 4.90 Å². The lowest BCUT2D eigenvalue weighted by Gasteiger charge is -2.38. The maximum absolute atomic E-state index is 12.7. The molecule has 1 aromatic carbocycles. The molecule has 7 heteroatoms. The van der Waals surface area contributed by atoms with Crippen molar-refractivity contribution in [1.29, 1.82) is 0 Å². The van der Waals surface area contributed by atoms with Crippen LogP contribution < -0.4 is 15.2 Å². The molecule has 5 nitrogen and oxygen atoms in total. The first-order chi connectivity index (χ1) is 10.1. The number of likely N-dealkylation sites (tertiary alicyclic amines) is 1. The van der Waals surface area contributed by atoms with Crippen LogP contribution in [0.1, 0.15) is 30.1 Å². The van der Waals surface area contributed by atoms with E-state index in [1.54, 1.807) is 12.1 Å². The van der Waals surface area contributed by atoms with Crippen LogP contribution in [0.25, 0.3) is 0 Å². The van der Waals surface area contributed by atoms with Gasteiger partial charge in [0.25, 0.3) is 5.91 Å². The molecule has 0 saturated carbocycles. The molecule has 1 fully saturated rings. The molecule has 2 N–H and O–H groups in total. The predicted octanol–water partition coefficient (Wildman–Crippen LogP) is 2.69. The van der Waals surface area contributed by atoms with Gasteiger partial charge in [0.1, 0.15) is 0 Å². The van der Waals surface area contributed by atoms with Gasteiger partial charge in [-0.3, -0.25) is 4.79 Å². The van der Waals surface area contributed by atoms with Crippen molar-refractivity contribution in [3.8, 4) is 11.5 Å². The van der Waals surface area contributed by atoms with E-state index in [9.17, 15) is 4.79 Å². The molecule has 0 aromatic heterocycles. The van der Waals surface area contributed by atoms with Gasteiger partial charge in [-0.1, -0.05) is 18.5 Å². The van der Waals surface area contributed by atoms with Gasteiger partial charge >= 0.3 is 0 Å². The summed E-state index contributed by atoms with van der Waals surface area (Å²) in [5.74, 6) is 1.59. The van der Waals surface area contributed by atoms with Gasteiger partial charge in [-0.25, -0.2) is 0 Å². The number of hydrogen-bond donors (Lipinski definition) is 1.